The SMILES string of the molecule is COc1ccccc1/C=C/C(=O)N[C@@H](CCCNC(=N)N[N+](=O)[O-])C(=O)N[CH]CC(C)C. The van der Waals surface area contributed by atoms with Gasteiger partial charge in [-0.15, -0.1) is 0 Å². The van der Waals surface area contributed by atoms with Gasteiger partial charge in [0.05, 0.1) is 7.11 Å². The van der Waals surface area contributed by atoms with Crippen LogP contribution in [0.4, 0.5) is 0 Å². The number of benzene rings is 1. The van der Waals surface area contributed by atoms with Crippen molar-refractivity contribution in [2.75, 3.05) is 13.7 Å². The van der Waals surface area contributed by atoms with E-state index in [1.807, 2.05) is 26.0 Å². The normalized spacial score (nSPS) is 11.6. The molecule has 0 aliphatic rings. The van der Waals surface area contributed by atoms with Crippen LogP contribution >= 0.6 is 0 Å². The predicted octanol–water partition coefficient (Wildman–Crippen LogP) is 1.60. The van der Waals surface area contributed by atoms with Crippen LogP contribution in [-0.2, 0) is 9.59 Å². The van der Waals surface area contributed by atoms with Crippen LogP contribution in [0.25, 0.3) is 6.08 Å². The molecule has 0 fully saturated rings. The topological polar surface area (TPSA) is 158 Å². The minimum atomic E-state index is -0.843. The first-order chi connectivity index (χ1) is 15.2. The van der Waals surface area contributed by atoms with Crippen molar-refractivity contribution in [1.82, 2.24) is 21.4 Å². The van der Waals surface area contributed by atoms with Crippen molar-refractivity contribution in [3.63, 3.8) is 0 Å². The average Bonchev–Trinajstić information content (AvgIpc) is 2.73. The molecule has 5 N–H and O–H groups in total. The maximum Gasteiger partial charge on any atom is 0.251 e. The highest BCUT2D eigenvalue weighted by Crippen LogP contribution is 2.18. The van der Waals surface area contributed by atoms with Gasteiger partial charge in [0.15, 0.2) is 5.03 Å². The van der Waals surface area contributed by atoms with Crippen LogP contribution in [0.1, 0.15) is 38.7 Å². The molecule has 0 saturated carbocycles. The van der Waals surface area contributed by atoms with Crippen LogP contribution < -0.4 is 26.1 Å². The van der Waals surface area contributed by atoms with E-state index in [9.17, 15) is 19.7 Å². The van der Waals surface area contributed by atoms with E-state index in [-0.39, 0.29) is 18.9 Å². The summed E-state index contributed by atoms with van der Waals surface area (Å²) in [5.74, 6) is -0.272. The van der Waals surface area contributed by atoms with Gasteiger partial charge in [-0.3, -0.25) is 15.0 Å². The monoisotopic (exact) mass is 447 g/mol. The van der Waals surface area contributed by atoms with E-state index in [4.69, 9.17) is 10.1 Å². The molecule has 1 radical (unpaired) electrons. The molecule has 32 heavy (non-hydrogen) atoms. The van der Waals surface area contributed by atoms with Crippen molar-refractivity contribution in [3.05, 3.63) is 52.6 Å². The lowest BCUT2D eigenvalue weighted by Gasteiger charge is -2.18. The highest BCUT2D eigenvalue weighted by atomic mass is 16.7. The molecular weight excluding hydrogens is 416 g/mol. The largest absolute Gasteiger partial charge is 0.496 e. The fourth-order valence-corrected chi connectivity index (χ4v) is 2.60. The summed E-state index contributed by atoms with van der Waals surface area (Å²) in [6, 6.07) is 6.40. The molecule has 2 amide bonds. The van der Waals surface area contributed by atoms with Crippen molar-refractivity contribution in [1.29, 1.82) is 5.41 Å². The highest BCUT2D eigenvalue weighted by Gasteiger charge is 2.19. The van der Waals surface area contributed by atoms with Gasteiger partial charge in [-0.2, -0.15) is 0 Å². The molecule has 0 spiro atoms. The molecular formula is C21H31N6O5. The van der Waals surface area contributed by atoms with E-state index in [2.05, 4.69) is 16.0 Å². The Balaban J connectivity index is 2.68. The summed E-state index contributed by atoms with van der Waals surface area (Å²) < 4.78 is 5.25. The lowest BCUT2D eigenvalue weighted by atomic mass is 10.1. The lowest BCUT2D eigenvalue weighted by molar-refractivity contribution is -0.525. The molecule has 0 unspecified atom stereocenters. The molecule has 0 saturated heterocycles. The van der Waals surface area contributed by atoms with E-state index < -0.39 is 22.9 Å². The third kappa shape index (κ3) is 11.0. The van der Waals surface area contributed by atoms with Gasteiger partial charge in [0, 0.05) is 24.7 Å². The number of rotatable bonds is 13. The van der Waals surface area contributed by atoms with Crippen molar-refractivity contribution >= 4 is 23.8 Å². The standard InChI is InChI=1S/C21H31N6O5/c1-15(2)12-14-23-20(29)17(8-6-13-24-21(22)26-27(30)31)25-19(28)11-10-16-7-4-5-9-18(16)32-3/h4-5,7,9-11,14-15,17H,6,8,12-13H2,1-3H3,(H,23,29)(H,25,28)(H3,22,24,26)/b11-10+/t17-/m0/s1. The number of hydrazine groups is 1. The summed E-state index contributed by atoms with van der Waals surface area (Å²) in [6.07, 6.45) is 4.27. The molecule has 0 aliphatic carbocycles. The van der Waals surface area contributed by atoms with Gasteiger partial charge in [0.2, 0.25) is 11.8 Å². The quantitative estimate of drug-likeness (QED) is 0.0767. The number of ether oxygens (including phenoxy) is 1. The number of hydrogen-bond donors (Lipinski definition) is 5. The number of para-hydroxylation sites is 1. The van der Waals surface area contributed by atoms with Crippen LogP contribution in [0.2, 0.25) is 0 Å². The number of nitrogens with one attached hydrogen (secondary N) is 5. The molecule has 1 atom stereocenters. The summed E-state index contributed by atoms with van der Waals surface area (Å²) in [6.45, 7) is 5.91. The van der Waals surface area contributed by atoms with Crippen molar-refractivity contribution in [2.45, 2.75) is 39.2 Å². The molecule has 0 aromatic heterocycles. The van der Waals surface area contributed by atoms with E-state index in [1.165, 1.54) is 13.2 Å². The van der Waals surface area contributed by atoms with Gasteiger partial charge in [-0.25, -0.2) is 10.1 Å². The average molecular weight is 448 g/mol. The number of carbonyl (C=O) groups is 2. The van der Waals surface area contributed by atoms with Crippen molar-refractivity contribution in [2.24, 2.45) is 5.92 Å². The van der Waals surface area contributed by atoms with Gasteiger partial charge in [0.25, 0.3) is 5.96 Å². The molecule has 11 heteroatoms. The number of carbonyl (C=O) groups excluding carboxylic acids is 2. The summed E-state index contributed by atoms with van der Waals surface area (Å²) in [4.78, 5) is 35.3. The first kappa shape index (κ1) is 26.4. The van der Waals surface area contributed by atoms with Gasteiger partial charge in [-0.1, -0.05) is 37.5 Å². The van der Waals surface area contributed by atoms with E-state index in [1.54, 1.807) is 30.2 Å². The van der Waals surface area contributed by atoms with Crippen LogP contribution in [0.3, 0.4) is 0 Å². The van der Waals surface area contributed by atoms with Gasteiger partial charge < -0.3 is 20.7 Å². The number of nitrogens with zero attached hydrogens (tertiary/aromatic N) is 1. The molecule has 175 valence electrons. The molecule has 0 heterocycles. The lowest BCUT2D eigenvalue weighted by Crippen LogP contribution is -2.46. The zero-order valence-corrected chi connectivity index (χ0v) is 18.5. The highest BCUT2D eigenvalue weighted by molar-refractivity contribution is 5.95. The predicted molar refractivity (Wildman–Crippen MR) is 121 cm³/mol. The van der Waals surface area contributed by atoms with Crippen molar-refractivity contribution < 1.29 is 19.4 Å². The molecule has 11 nitrogen and oxygen atoms in total. The summed E-state index contributed by atoms with van der Waals surface area (Å²) in [5.41, 5.74) is 2.41. The third-order valence-electron chi connectivity index (χ3n) is 4.19. The third-order valence-corrected chi connectivity index (χ3v) is 4.19. The van der Waals surface area contributed by atoms with E-state index in [0.717, 1.165) is 5.56 Å². The summed E-state index contributed by atoms with van der Waals surface area (Å²) in [5, 5.41) is 24.7. The van der Waals surface area contributed by atoms with E-state index >= 15 is 0 Å². The van der Waals surface area contributed by atoms with E-state index in [0.29, 0.717) is 24.5 Å². The Kier molecular flexibility index (Phi) is 11.9. The summed E-state index contributed by atoms with van der Waals surface area (Å²) >= 11 is 0. The molecule has 1 aromatic carbocycles. The Labute approximate surface area is 187 Å². The maximum atomic E-state index is 12.5. The van der Waals surface area contributed by atoms with Gasteiger partial charge >= 0.3 is 0 Å². The number of hydrogen-bond acceptors (Lipinski definition) is 6. The van der Waals surface area contributed by atoms with Crippen molar-refractivity contribution in [3.8, 4) is 5.75 Å². The zero-order valence-electron chi connectivity index (χ0n) is 18.5. The maximum absolute atomic E-state index is 12.5. The second kappa shape index (κ2) is 14.4. The molecule has 1 rings (SSSR count). The van der Waals surface area contributed by atoms with Gasteiger partial charge in [-0.05, 0) is 37.3 Å². The fraction of sp³-hybridized carbons (Fsp3) is 0.429. The number of methoxy groups -OCH3 is 1. The fourth-order valence-electron chi connectivity index (χ4n) is 2.60. The minimum absolute atomic E-state index is 0.214. The first-order valence-electron chi connectivity index (χ1n) is 10.2. The minimum Gasteiger partial charge on any atom is -0.496 e. The number of nitro groups is 1. The van der Waals surface area contributed by atoms with Crippen LogP contribution in [0.5, 0.6) is 5.75 Å². The Morgan fingerprint density at radius 1 is 1.28 bits per heavy atom. The summed E-state index contributed by atoms with van der Waals surface area (Å²) in [7, 11) is 1.54. The van der Waals surface area contributed by atoms with Gasteiger partial charge in [0.1, 0.15) is 11.8 Å². The molecule has 0 bridgehead atoms. The first-order valence-corrected chi connectivity index (χ1v) is 10.2. The smallest absolute Gasteiger partial charge is 0.251 e. The Morgan fingerprint density at radius 2 is 2.00 bits per heavy atom. The second-order valence-corrected chi connectivity index (χ2v) is 7.29. The second-order valence-electron chi connectivity index (χ2n) is 7.29. The Morgan fingerprint density at radius 3 is 2.66 bits per heavy atom. The molecule has 0 aliphatic heterocycles. The number of amides is 2. The van der Waals surface area contributed by atoms with Crippen LogP contribution in [0.15, 0.2) is 30.3 Å². The van der Waals surface area contributed by atoms with Crippen LogP contribution in [0, 0.1) is 28.0 Å². The molecule has 1 aromatic rings. The van der Waals surface area contributed by atoms with Crippen LogP contribution in [-0.4, -0.2) is 42.5 Å². The zero-order chi connectivity index (χ0) is 23.9. The Bertz CT molecular complexity index is 812. The Hall–Kier alpha value is -3.63. The number of guanidine groups is 1.